The maximum Gasteiger partial charge on any atom is 0.156 e. The first-order valence-corrected chi connectivity index (χ1v) is 5.49. The molecule has 2 rings (SSSR count). The van der Waals surface area contributed by atoms with Gasteiger partial charge in [0.1, 0.15) is 10.9 Å². The van der Waals surface area contributed by atoms with Crippen LogP contribution in [0.2, 0.25) is 0 Å². The van der Waals surface area contributed by atoms with Crippen LogP contribution in [0.5, 0.6) is 0 Å². The third-order valence-corrected chi connectivity index (χ3v) is 2.48. The van der Waals surface area contributed by atoms with E-state index in [1.54, 1.807) is 11.0 Å². The molecule has 0 aliphatic heterocycles. The van der Waals surface area contributed by atoms with Gasteiger partial charge >= 0.3 is 0 Å². The molecule has 0 saturated heterocycles. The van der Waals surface area contributed by atoms with Crippen molar-refractivity contribution in [3.63, 3.8) is 0 Å². The Morgan fingerprint density at radius 3 is 2.73 bits per heavy atom. The van der Waals surface area contributed by atoms with Crippen molar-refractivity contribution in [3.05, 3.63) is 35.0 Å². The highest BCUT2D eigenvalue weighted by Gasteiger charge is 2.05. The van der Waals surface area contributed by atoms with E-state index in [0.717, 1.165) is 16.1 Å². The fraction of sp³-hybridized carbons (Fsp3) is 0.300. The summed E-state index contributed by atoms with van der Waals surface area (Å²) in [4.78, 5) is 8.38. The minimum atomic E-state index is 0.394. The molecule has 0 radical (unpaired) electrons. The maximum atomic E-state index is 4.22. The molecule has 0 saturated carbocycles. The van der Waals surface area contributed by atoms with E-state index in [4.69, 9.17) is 0 Å². The normalized spacial score (nSPS) is 10.9. The Morgan fingerprint density at radius 2 is 2.13 bits per heavy atom. The maximum absolute atomic E-state index is 4.22. The zero-order valence-electron chi connectivity index (χ0n) is 8.55. The Kier molecular flexibility index (Phi) is 2.81. The van der Waals surface area contributed by atoms with E-state index in [-0.39, 0.29) is 0 Å². The van der Waals surface area contributed by atoms with Gasteiger partial charge < -0.3 is 0 Å². The Morgan fingerprint density at radius 1 is 1.33 bits per heavy atom. The summed E-state index contributed by atoms with van der Waals surface area (Å²) in [7, 11) is 0. The van der Waals surface area contributed by atoms with Crippen LogP contribution in [0.3, 0.4) is 0 Å². The van der Waals surface area contributed by atoms with Crippen LogP contribution in [0.25, 0.3) is 5.82 Å². The van der Waals surface area contributed by atoms with Gasteiger partial charge in [0.2, 0.25) is 0 Å². The Bertz CT molecular complexity index is 464. The molecule has 0 aliphatic rings. The quantitative estimate of drug-likeness (QED) is 0.839. The highest BCUT2D eigenvalue weighted by atomic mass is 79.9. The van der Waals surface area contributed by atoms with Crippen LogP contribution in [0.1, 0.15) is 25.5 Å². The summed E-state index contributed by atoms with van der Waals surface area (Å²) in [5, 5.41) is 4.22. The molecule has 0 N–H and O–H groups in total. The molecule has 78 valence electrons. The summed E-state index contributed by atoms with van der Waals surface area (Å²) in [5.74, 6) is 1.19. The first-order chi connectivity index (χ1) is 7.16. The van der Waals surface area contributed by atoms with Crippen LogP contribution in [0.15, 0.2) is 29.3 Å². The molecule has 5 heteroatoms. The molecule has 0 bridgehead atoms. The van der Waals surface area contributed by atoms with Gasteiger partial charge in [-0.2, -0.15) is 5.10 Å². The van der Waals surface area contributed by atoms with Crippen LogP contribution < -0.4 is 0 Å². The van der Waals surface area contributed by atoms with Crippen LogP contribution in [0.4, 0.5) is 0 Å². The predicted octanol–water partition coefficient (Wildman–Crippen LogP) is 2.55. The van der Waals surface area contributed by atoms with Gasteiger partial charge in [0.25, 0.3) is 0 Å². The second kappa shape index (κ2) is 4.10. The van der Waals surface area contributed by atoms with E-state index in [1.807, 2.05) is 18.3 Å². The Labute approximate surface area is 96.5 Å². The van der Waals surface area contributed by atoms with Crippen LogP contribution in [-0.4, -0.2) is 19.7 Å². The van der Waals surface area contributed by atoms with Gasteiger partial charge in [-0.15, -0.1) is 0 Å². The molecule has 15 heavy (non-hydrogen) atoms. The van der Waals surface area contributed by atoms with Gasteiger partial charge in [0, 0.05) is 18.0 Å². The number of aromatic nitrogens is 4. The lowest BCUT2D eigenvalue weighted by atomic mass is 10.1. The van der Waals surface area contributed by atoms with Crippen LogP contribution in [-0.2, 0) is 0 Å². The van der Waals surface area contributed by atoms with E-state index < -0.39 is 0 Å². The summed E-state index contributed by atoms with van der Waals surface area (Å²) in [6, 6.07) is 3.82. The average molecular weight is 267 g/mol. The minimum absolute atomic E-state index is 0.394. The topological polar surface area (TPSA) is 43.6 Å². The van der Waals surface area contributed by atoms with E-state index in [2.05, 4.69) is 44.8 Å². The number of hydrogen-bond acceptors (Lipinski definition) is 3. The molecular weight excluding hydrogens is 256 g/mol. The molecule has 2 aromatic rings. The molecule has 0 aromatic carbocycles. The van der Waals surface area contributed by atoms with Gasteiger partial charge in [0.15, 0.2) is 5.82 Å². The molecule has 0 atom stereocenters. The van der Waals surface area contributed by atoms with Crippen molar-refractivity contribution in [1.82, 2.24) is 19.7 Å². The largest absolute Gasteiger partial charge is 0.241 e. The lowest BCUT2D eigenvalue weighted by Crippen LogP contribution is -2.02. The van der Waals surface area contributed by atoms with Crippen molar-refractivity contribution in [2.24, 2.45) is 0 Å². The molecule has 4 nitrogen and oxygen atoms in total. The van der Waals surface area contributed by atoms with Gasteiger partial charge in [0.05, 0.1) is 0 Å². The van der Waals surface area contributed by atoms with E-state index in [1.165, 1.54) is 0 Å². The third kappa shape index (κ3) is 2.23. The summed E-state index contributed by atoms with van der Waals surface area (Å²) >= 11 is 3.30. The zero-order valence-corrected chi connectivity index (χ0v) is 10.1. The highest BCUT2D eigenvalue weighted by Crippen LogP contribution is 2.14. The zero-order chi connectivity index (χ0) is 10.8. The summed E-state index contributed by atoms with van der Waals surface area (Å²) in [6.45, 7) is 4.20. The molecule has 0 fully saturated rings. The standard InChI is InChI=1S/C10H11BrN4/c1-7(2)8-5-10(13-6-12-8)15-4-3-9(11)14-15/h3-7H,1-2H3. The number of halogens is 1. The van der Waals surface area contributed by atoms with Gasteiger partial charge in [-0.1, -0.05) is 13.8 Å². The fourth-order valence-corrected chi connectivity index (χ4v) is 1.52. The summed E-state index contributed by atoms with van der Waals surface area (Å²) < 4.78 is 2.52. The van der Waals surface area contributed by atoms with Crippen LogP contribution >= 0.6 is 15.9 Å². The van der Waals surface area contributed by atoms with Gasteiger partial charge in [-0.3, -0.25) is 0 Å². The van der Waals surface area contributed by atoms with E-state index in [0.29, 0.717) is 5.92 Å². The van der Waals surface area contributed by atoms with Crippen molar-refractivity contribution >= 4 is 15.9 Å². The molecule has 2 heterocycles. The van der Waals surface area contributed by atoms with Crippen molar-refractivity contribution < 1.29 is 0 Å². The predicted molar refractivity (Wildman–Crippen MR) is 60.9 cm³/mol. The average Bonchev–Trinajstić information content (AvgIpc) is 2.65. The highest BCUT2D eigenvalue weighted by molar-refractivity contribution is 9.10. The fourth-order valence-electron chi connectivity index (χ4n) is 1.23. The van der Waals surface area contributed by atoms with Crippen molar-refractivity contribution in [2.45, 2.75) is 19.8 Å². The monoisotopic (exact) mass is 266 g/mol. The lowest BCUT2D eigenvalue weighted by molar-refractivity contribution is 0.781. The van der Waals surface area contributed by atoms with Crippen molar-refractivity contribution in [3.8, 4) is 5.82 Å². The molecule has 0 spiro atoms. The van der Waals surface area contributed by atoms with Crippen molar-refractivity contribution in [2.75, 3.05) is 0 Å². The van der Waals surface area contributed by atoms with Crippen molar-refractivity contribution in [1.29, 1.82) is 0 Å². The summed E-state index contributed by atoms with van der Waals surface area (Å²) in [6.07, 6.45) is 3.43. The SMILES string of the molecule is CC(C)c1cc(-n2ccc(Br)n2)ncn1. The van der Waals surface area contributed by atoms with Crippen LogP contribution in [0, 0.1) is 0 Å². The third-order valence-electron chi connectivity index (χ3n) is 2.06. The Balaban J connectivity index is 2.41. The first-order valence-electron chi connectivity index (χ1n) is 4.70. The van der Waals surface area contributed by atoms with E-state index >= 15 is 0 Å². The molecule has 0 unspecified atom stereocenters. The molecule has 0 amide bonds. The summed E-state index contributed by atoms with van der Waals surface area (Å²) in [5.41, 5.74) is 1.02. The Hall–Kier alpha value is -1.23. The first kappa shape index (κ1) is 10.3. The molecule has 2 aromatic heterocycles. The van der Waals surface area contributed by atoms with Gasteiger partial charge in [-0.05, 0) is 27.9 Å². The van der Waals surface area contributed by atoms with E-state index in [9.17, 15) is 0 Å². The minimum Gasteiger partial charge on any atom is -0.241 e. The molecular formula is C10H11BrN4. The second-order valence-electron chi connectivity index (χ2n) is 3.54. The number of hydrogen-bond donors (Lipinski definition) is 0. The molecule has 0 aliphatic carbocycles. The van der Waals surface area contributed by atoms with Gasteiger partial charge in [-0.25, -0.2) is 14.6 Å². The second-order valence-corrected chi connectivity index (χ2v) is 4.35. The number of nitrogens with zero attached hydrogens (tertiary/aromatic N) is 4. The smallest absolute Gasteiger partial charge is 0.156 e. The lowest BCUT2D eigenvalue weighted by Gasteiger charge is -2.05. The number of rotatable bonds is 2.